The van der Waals surface area contributed by atoms with Crippen molar-refractivity contribution in [1.29, 1.82) is 10.5 Å². The lowest BCUT2D eigenvalue weighted by molar-refractivity contribution is 0.982. The molecule has 3 aromatic heterocycles. The quantitative estimate of drug-likeness (QED) is 0.168. The lowest BCUT2D eigenvalue weighted by atomic mass is 9.97. The van der Waals surface area contributed by atoms with Crippen LogP contribution in [-0.2, 0) is 0 Å². The molecule has 0 saturated heterocycles. The maximum atomic E-state index is 12.2. The molecule has 0 radical (unpaired) electrons. The van der Waals surface area contributed by atoms with Crippen LogP contribution in [0.1, 0.15) is 51.4 Å². The molecule has 0 bridgehead atoms. The van der Waals surface area contributed by atoms with Crippen LogP contribution in [0.2, 0.25) is 0 Å². The highest BCUT2D eigenvalue weighted by molar-refractivity contribution is 6.15. The van der Waals surface area contributed by atoms with E-state index in [1.54, 1.807) is 0 Å². The van der Waals surface area contributed by atoms with Gasteiger partial charge in [0.25, 0.3) is 0 Å². The molecule has 3 heterocycles. The van der Waals surface area contributed by atoms with Gasteiger partial charge in [0.05, 0.1) is 55.8 Å². The summed E-state index contributed by atoms with van der Waals surface area (Å²) in [5.74, 6) is 0. The van der Waals surface area contributed by atoms with Crippen molar-refractivity contribution in [2.45, 2.75) is 48.5 Å². The van der Waals surface area contributed by atoms with Gasteiger partial charge < -0.3 is 18.6 Å². The maximum absolute atomic E-state index is 12.2. The Kier molecular flexibility index (Phi) is 8.81. The van der Waals surface area contributed by atoms with E-state index in [1.165, 1.54) is 0 Å². The van der Waals surface area contributed by atoms with Gasteiger partial charge in [-0.25, -0.2) is 0 Å². The number of nitrogens with zero attached hydrogens (tertiary/aromatic N) is 6. The topological polar surface area (TPSA) is 65.6 Å². The summed E-state index contributed by atoms with van der Waals surface area (Å²) < 4.78 is 6.84. The van der Waals surface area contributed by atoms with Crippen LogP contribution in [0.4, 0.5) is 11.4 Å². The van der Waals surface area contributed by atoms with Crippen molar-refractivity contribution in [3.63, 3.8) is 0 Å². The van der Waals surface area contributed by atoms with E-state index < -0.39 is 0 Å². The molecule has 0 unspecified atom stereocenters. The Bertz CT molecular complexity index is 3680. The van der Waals surface area contributed by atoms with Gasteiger partial charge in [-0.2, -0.15) is 10.5 Å². The van der Waals surface area contributed by atoms with Crippen molar-refractivity contribution in [3.05, 3.63) is 184 Å². The summed E-state index contributed by atoms with van der Waals surface area (Å²) in [7, 11) is 0. The van der Waals surface area contributed by atoms with Crippen LogP contribution in [0.25, 0.3) is 82.5 Å². The van der Waals surface area contributed by atoms with E-state index in [-0.39, 0.29) is 0 Å². The molecule has 6 heteroatoms. The second kappa shape index (κ2) is 14.5. The van der Waals surface area contributed by atoms with Crippen molar-refractivity contribution in [3.8, 4) is 29.2 Å². The molecule has 11 rings (SSSR count). The van der Waals surface area contributed by atoms with Gasteiger partial charge in [0.15, 0.2) is 0 Å². The molecule has 0 spiro atoms. The van der Waals surface area contributed by atoms with Crippen LogP contribution in [0.15, 0.2) is 140 Å². The van der Waals surface area contributed by atoms with Crippen LogP contribution in [0, 0.1) is 64.2 Å². The number of rotatable bonds is 6. The van der Waals surface area contributed by atoms with Gasteiger partial charge in [0.1, 0.15) is 23.3 Å². The molecule has 0 N–H and O–H groups in total. The second-order valence-electron chi connectivity index (χ2n) is 17.6. The highest BCUT2D eigenvalue weighted by atomic mass is 15.2. The number of anilines is 2. The lowest BCUT2D eigenvalue weighted by Crippen LogP contribution is -2.23. The van der Waals surface area contributed by atoms with Crippen LogP contribution in [0.5, 0.6) is 0 Å². The maximum Gasteiger partial charge on any atom is 0.104 e. The summed E-state index contributed by atoms with van der Waals surface area (Å²) in [4.78, 5) is 2.27. The summed E-state index contributed by atoms with van der Waals surface area (Å²) in [6.07, 6.45) is 0. The zero-order chi connectivity index (χ0) is 44.1. The molecule has 11 aromatic rings. The Balaban J connectivity index is 1.49. The van der Waals surface area contributed by atoms with E-state index in [4.69, 9.17) is 0 Å². The number of hydrogen-bond acceptors (Lipinski definition) is 3. The first-order valence-corrected chi connectivity index (χ1v) is 22.0. The third-order valence-corrected chi connectivity index (χ3v) is 13.2. The smallest absolute Gasteiger partial charge is 0.104 e. The van der Waals surface area contributed by atoms with E-state index in [1.807, 2.05) is 6.07 Å². The average molecular weight is 827 g/mol. The minimum absolute atomic E-state index is 0.411. The van der Waals surface area contributed by atoms with Gasteiger partial charge >= 0.3 is 0 Å². The summed E-state index contributed by atoms with van der Waals surface area (Å²) >= 11 is 0. The average Bonchev–Trinajstić information content (AvgIpc) is 3.89. The number of aromatic nitrogens is 3. The predicted octanol–water partition coefficient (Wildman–Crippen LogP) is 14.7. The van der Waals surface area contributed by atoms with Crippen LogP contribution in [-0.4, -0.2) is 20.2 Å². The molecule has 0 aliphatic rings. The number of hydrogen-bond donors (Lipinski definition) is 0. The predicted molar refractivity (Wildman–Crippen MR) is 266 cm³/mol. The number of para-hydroxylation sites is 1. The number of fused-ring (bicyclic) bond motifs is 9. The fourth-order valence-corrected chi connectivity index (χ4v) is 10.4. The standard InChI is InChI=1S/C58H46N6/c1-8-61(40-12-10-9-11-13-40)56-47(32-59)55(62-49-20-14-34(2)26-41(49)42-27-35(3)15-21-50(42)62)48(33-60)57(63-51-22-16-36(4)28-43(51)44-29-37(5)17-23-52(44)63)58(56)64-53-24-18-38(6)30-45(53)46-31-39(7)19-25-54(46)64/h9-31H,8H2,1-7H3. The Morgan fingerprint density at radius 1 is 0.391 bits per heavy atom. The molecule has 64 heavy (non-hydrogen) atoms. The number of benzene rings is 8. The zero-order valence-corrected chi connectivity index (χ0v) is 37.2. The molecule has 8 aromatic carbocycles. The van der Waals surface area contributed by atoms with E-state index in [2.05, 4.69) is 213 Å². The Labute approximate surface area is 372 Å². The second-order valence-corrected chi connectivity index (χ2v) is 17.6. The molecule has 0 fully saturated rings. The third-order valence-electron chi connectivity index (χ3n) is 13.2. The van der Waals surface area contributed by atoms with Gasteiger partial charge in [0, 0.05) is 44.5 Å². The molecular weight excluding hydrogens is 781 g/mol. The summed E-state index contributed by atoms with van der Waals surface area (Å²) in [5, 5.41) is 30.9. The zero-order valence-electron chi connectivity index (χ0n) is 37.2. The molecule has 0 atom stereocenters. The minimum Gasteiger partial charge on any atom is -0.339 e. The normalized spacial score (nSPS) is 11.7. The molecule has 0 aliphatic heterocycles. The van der Waals surface area contributed by atoms with Gasteiger partial charge in [-0.15, -0.1) is 0 Å². The van der Waals surface area contributed by atoms with Crippen molar-refractivity contribution < 1.29 is 0 Å². The van der Waals surface area contributed by atoms with Crippen LogP contribution in [0.3, 0.4) is 0 Å². The minimum atomic E-state index is 0.411. The molecule has 0 amide bonds. The van der Waals surface area contributed by atoms with Crippen molar-refractivity contribution >= 4 is 76.8 Å². The van der Waals surface area contributed by atoms with Crippen molar-refractivity contribution in [1.82, 2.24) is 13.7 Å². The van der Waals surface area contributed by atoms with Crippen molar-refractivity contribution in [2.75, 3.05) is 11.4 Å². The van der Waals surface area contributed by atoms with Gasteiger partial charge in [-0.05, 0) is 133 Å². The Morgan fingerprint density at radius 3 is 1.02 bits per heavy atom. The lowest BCUT2D eigenvalue weighted by Gasteiger charge is -2.32. The first-order valence-electron chi connectivity index (χ1n) is 22.0. The SMILES string of the molecule is CCN(c1ccccc1)c1c(C#N)c(-n2c3ccc(C)cc3c3cc(C)ccc32)c(C#N)c(-n2c3ccc(C)cc3c3cc(C)ccc32)c1-n1c2ccc(C)cc2c2cc(C)ccc21. The van der Waals surface area contributed by atoms with Crippen molar-refractivity contribution in [2.24, 2.45) is 0 Å². The molecule has 0 aliphatic carbocycles. The van der Waals surface area contributed by atoms with E-state index >= 15 is 0 Å². The Morgan fingerprint density at radius 2 is 0.703 bits per heavy atom. The number of nitriles is 2. The van der Waals surface area contributed by atoms with E-state index in [0.29, 0.717) is 29.0 Å². The highest BCUT2D eigenvalue weighted by Gasteiger charge is 2.35. The molecule has 0 saturated carbocycles. The summed E-state index contributed by atoms with van der Waals surface area (Å²) in [6.45, 7) is 15.5. The molecule has 308 valence electrons. The van der Waals surface area contributed by atoms with E-state index in [0.717, 1.165) is 116 Å². The van der Waals surface area contributed by atoms with Gasteiger partial charge in [-0.1, -0.05) is 88.0 Å². The largest absolute Gasteiger partial charge is 0.339 e. The number of aryl methyl sites for hydroxylation is 6. The third kappa shape index (κ3) is 5.62. The first-order chi connectivity index (χ1) is 31.1. The Hall–Kier alpha value is -8.06. The van der Waals surface area contributed by atoms with Crippen LogP contribution < -0.4 is 4.90 Å². The molecular formula is C58H46N6. The highest BCUT2D eigenvalue weighted by Crippen LogP contribution is 2.50. The molecule has 6 nitrogen and oxygen atoms in total. The van der Waals surface area contributed by atoms with Gasteiger partial charge in [-0.3, -0.25) is 0 Å². The van der Waals surface area contributed by atoms with Gasteiger partial charge in [0.2, 0.25) is 0 Å². The monoisotopic (exact) mass is 826 g/mol. The fraction of sp³-hybridized carbons (Fsp3) is 0.138. The van der Waals surface area contributed by atoms with Crippen LogP contribution >= 0.6 is 0 Å². The fourth-order valence-electron chi connectivity index (χ4n) is 10.4. The first kappa shape index (κ1) is 38.8. The summed E-state index contributed by atoms with van der Waals surface area (Å²) in [5.41, 5.74) is 17.2. The van der Waals surface area contributed by atoms with E-state index in [9.17, 15) is 10.5 Å². The summed E-state index contributed by atoms with van der Waals surface area (Å²) in [6, 6.07) is 55.5.